The van der Waals surface area contributed by atoms with Crippen LogP contribution in [0.3, 0.4) is 0 Å². The molecule has 1 aliphatic heterocycles. The van der Waals surface area contributed by atoms with Gasteiger partial charge in [-0.05, 0) is 18.2 Å². The van der Waals surface area contributed by atoms with Crippen LogP contribution in [0.4, 0.5) is 5.69 Å². The fourth-order valence-corrected chi connectivity index (χ4v) is 2.70. The van der Waals surface area contributed by atoms with Crippen molar-refractivity contribution in [3.8, 4) is 0 Å². The Bertz CT molecular complexity index is 818. The molecule has 3 rings (SSSR count). The highest BCUT2D eigenvalue weighted by atomic mass is 35.5. The summed E-state index contributed by atoms with van der Waals surface area (Å²) in [5, 5.41) is 0.541. The van der Waals surface area contributed by atoms with E-state index in [1.165, 1.54) is 11.8 Å². The summed E-state index contributed by atoms with van der Waals surface area (Å²) in [6, 6.07) is 14.8. The summed E-state index contributed by atoms with van der Waals surface area (Å²) < 4.78 is 5.02. The van der Waals surface area contributed by atoms with Crippen LogP contribution in [0.2, 0.25) is 5.02 Å². The highest BCUT2D eigenvalue weighted by molar-refractivity contribution is 6.32. The van der Waals surface area contributed by atoms with Crippen molar-refractivity contribution in [2.24, 2.45) is 4.99 Å². The first kappa shape index (κ1) is 16.2. The number of anilines is 1. The van der Waals surface area contributed by atoms with Crippen LogP contribution in [-0.2, 0) is 14.3 Å². The first-order valence-corrected chi connectivity index (χ1v) is 7.77. The number of hydrogen-bond acceptors (Lipinski definition) is 4. The number of carbonyl (C=O) groups excluding carboxylic acids is 2. The number of halogens is 1. The maximum Gasteiger partial charge on any atom is 0.304 e. The average molecular weight is 343 g/mol. The van der Waals surface area contributed by atoms with Gasteiger partial charge in [-0.2, -0.15) is 0 Å². The first-order chi connectivity index (χ1) is 11.6. The Morgan fingerprint density at radius 1 is 1.25 bits per heavy atom. The molecule has 0 unspecified atom stereocenters. The van der Waals surface area contributed by atoms with Gasteiger partial charge in [-0.3, -0.25) is 19.5 Å². The number of esters is 1. The minimum atomic E-state index is -0.452. The van der Waals surface area contributed by atoms with Gasteiger partial charge in [0.25, 0.3) is 5.91 Å². The minimum Gasteiger partial charge on any atom is -0.444 e. The van der Waals surface area contributed by atoms with Crippen LogP contribution >= 0.6 is 11.6 Å². The molecule has 0 atom stereocenters. The number of rotatable bonds is 3. The Hall–Kier alpha value is -2.66. The normalized spacial score (nSPS) is 13.8. The smallest absolute Gasteiger partial charge is 0.304 e. The van der Waals surface area contributed by atoms with Crippen molar-refractivity contribution in [3.63, 3.8) is 0 Å². The molecule has 0 aliphatic carbocycles. The maximum absolute atomic E-state index is 12.4. The molecular weight excluding hydrogens is 328 g/mol. The minimum absolute atomic E-state index is 0.0300. The van der Waals surface area contributed by atoms with E-state index in [1.807, 2.05) is 30.3 Å². The summed E-state index contributed by atoms with van der Waals surface area (Å²) in [4.78, 5) is 29.4. The molecule has 1 amide bonds. The Morgan fingerprint density at radius 3 is 2.71 bits per heavy atom. The summed E-state index contributed by atoms with van der Waals surface area (Å²) in [5.41, 5.74) is 2.92. The van der Waals surface area contributed by atoms with Crippen LogP contribution in [0.5, 0.6) is 0 Å². The summed E-state index contributed by atoms with van der Waals surface area (Å²) in [7, 11) is 0. The van der Waals surface area contributed by atoms with E-state index in [-0.39, 0.29) is 19.2 Å². The van der Waals surface area contributed by atoms with Crippen molar-refractivity contribution in [1.29, 1.82) is 0 Å². The lowest BCUT2D eigenvalue weighted by Crippen LogP contribution is -2.35. The lowest BCUT2D eigenvalue weighted by molar-refractivity contribution is -0.141. The molecule has 0 N–H and O–H groups in total. The van der Waals surface area contributed by atoms with Gasteiger partial charge in [0.15, 0.2) is 6.73 Å². The van der Waals surface area contributed by atoms with Gasteiger partial charge in [-0.1, -0.05) is 41.9 Å². The number of benzene rings is 2. The van der Waals surface area contributed by atoms with Gasteiger partial charge in [0.1, 0.15) is 6.54 Å². The quantitative estimate of drug-likeness (QED) is 0.805. The van der Waals surface area contributed by atoms with E-state index in [4.69, 9.17) is 16.3 Å². The number of amides is 1. The van der Waals surface area contributed by atoms with Gasteiger partial charge < -0.3 is 4.74 Å². The van der Waals surface area contributed by atoms with Crippen molar-refractivity contribution in [2.75, 3.05) is 18.2 Å². The SMILES string of the molecule is CC(=O)OCN1C(=O)CN=C(c2ccccc2)c2cc(Cl)ccc21. The third-order valence-electron chi connectivity index (χ3n) is 3.62. The topological polar surface area (TPSA) is 59.0 Å². The van der Waals surface area contributed by atoms with Crippen molar-refractivity contribution < 1.29 is 14.3 Å². The van der Waals surface area contributed by atoms with E-state index in [1.54, 1.807) is 18.2 Å². The number of fused-ring (bicyclic) bond motifs is 1. The third-order valence-corrected chi connectivity index (χ3v) is 3.86. The Morgan fingerprint density at radius 2 is 2.00 bits per heavy atom. The predicted molar refractivity (Wildman–Crippen MR) is 92.5 cm³/mol. The number of aliphatic imine (C=N–C) groups is 1. The van der Waals surface area contributed by atoms with Gasteiger partial charge in [0, 0.05) is 23.1 Å². The standard InChI is InChI=1S/C18H15ClN2O3/c1-12(22)24-11-21-16-8-7-14(19)9-15(16)18(20-10-17(21)23)13-5-3-2-4-6-13/h2-9H,10-11H2,1H3. The van der Waals surface area contributed by atoms with Gasteiger partial charge in [-0.25, -0.2) is 0 Å². The highest BCUT2D eigenvalue weighted by Crippen LogP contribution is 2.29. The molecular formula is C18H15ClN2O3. The van der Waals surface area contributed by atoms with Gasteiger partial charge in [0.05, 0.1) is 11.4 Å². The molecule has 0 fully saturated rings. The lowest BCUT2D eigenvalue weighted by Gasteiger charge is -2.22. The van der Waals surface area contributed by atoms with Crippen molar-refractivity contribution in [2.45, 2.75) is 6.92 Å². The Kier molecular flexibility index (Phi) is 4.62. The van der Waals surface area contributed by atoms with E-state index < -0.39 is 5.97 Å². The molecule has 1 aliphatic rings. The molecule has 5 nitrogen and oxygen atoms in total. The van der Waals surface area contributed by atoms with Crippen LogP contribution in [-0.4, -0.2) is 30.9 Å². The number of benzodiazepines with no additional fused rings is 1. The van der Waals surface area contributed by atoms with Gasteiger partial charge in [-0.15, -0.1) is 0 Å². The summed E-state index contributed by atoms with van der Waals surface area (Å²) in [6.07, 6.45) is 0. The largest absolute Gasteiger partial charge is 0.444 e. The van der Waals surface area contributed by atoms with Crippen LogP contribution in [0.15, 0.2) is 53.5 Å². The molecule has 0 saturated heterocycles. The van der Waals surface area contributed by atoms with E-state index in [9.17, 15) is 9.59 Å². The van der Waals surface area contributed by atoms with Crippen molar-refractivity contribution in [1.82, 2.24) is 0 Å². The van der Waals surface area contributed by atoms with Gasteiger partial charge in [0.2, 0.25) is 0 Å². The maximum atomic E-state index is 12.4. The van der Waals surface area contributed by atoms with Crippen molar-refractivity contribution in [3.05, 3.63) is 64.7 Å². The second-order valence-corrected chi connectivity index (χ2v) is 5.72. The fraction of sp³-hybridized carbons (Fsp3) is 0.167. The molecule has 0 saturated carbocycles. The summed E-state index contributed by atoms with van der Waals surface area (Å²) in [6.45, 7) is 1.12. The molecule has 0 aromatic heterocycles. The van der Waals surface area contributed by atoms with Crippen LogP contribution in [0.25, 0.3) is 0 Å². The van der Waals surface area contributed by atoms with Crippen LogP contribution in [0.1, 0.15) is 18.1 Å². The Labute approximate surface area is 144 Å². The molecule has 0 radical (unpaired) electrons. The summed E-state index contributed by atoms with van der Waals surface area (Å²) in [5.74, 6) is -0.697. The molecule has 0 spiro atoms. The zero-order chi connectivity index (χ0) is 17.1. The van der Waals surface area contributed by atoms with Crippen LogP contribution < -0.4 is 4.90 Å². The zero-order valence-corrected chi connectivity index (χ0v) is 13.8. The second-order valence-electron chi connectivity index (χ2n) is 5.28. The summed E-state index contributed by atoms with van der Waals surface area (Å²) >= 11 is 6.15. The zero-order valence-electron chi connectivity index (χ0n) is 13.0. The molecule has 2 aromatic carbocycles. The lowest BCUT2D eigenvalue weighted by atomic mass is 10.0. The fourth-order valence-electron chi connectivity index (χ4n) is 2.52. The second kappa shape index (κ2) is 6.84. The van der Waals surface area contributed by atoms with E-state index in [2.05, 4.69) is 4.99 Å². The predicted octanol–water partition coefficient (Wildman–Crippen LogP) is 3.04. The third kappa shape index (κ3) is 3.31. The molecule has 6 heteroatoms. The van der Waals surface area contributed by atoms with E-state index in [0.717, 1.165) is 11.1 Å². The molecule has 24 heavy (non-hydrogen) atoms. The molecule has 2 aromatic rings. The number of nitrogens with zero attached hydrogens (tertiary/aromatic N) is 2. The van der Waals surface area contributed by atoms with Crippen molar-refractivity contribution >= 4 is 34.9 Å². The number of ether oxygens (including phenoxy) is 1. The number of carbonyl (C=O) groups is 2. The Balaban J connectivity index is 2.10. The monoisotopic (exact) mass is 342 g/mol. The number of hydrogen-bond donors (Lipinski definition) is 0. The van der Waals surface area contributed by atoms with E-state index >= 15 is 0 Å². The molecule has 0 bridgehead atoms. The van der Waals surface area contributed by atoms with Gasteiger partial charge >= 0.3 is 5.97 Å². The molecule has 1 heterocycles. The average Bonchev–Trinajstić information content (AvgIpc) is 2.70. The van der Waals surface area contributed by atoms with Crippen LogP contribution in [0, 0.1) is 0 Å². The first-order valence-electron chi connectivity index (χ1n) is 7.40. The van der Waals surface area contributed by atoms with E-state index in [0.29, 0.717) is 16.4 Å². The highest BCUT2D eigenvalue weighted by Gasteiger charge is 2.26. The molecule has 122 valence electrons.